The Morgan fingerprint density at radius 2 is 1.74 bits per heavy atom. The van der Waals surface area contributed by atoms with Crippen molar-refractivity contribution in [3.8, 4) is 0 Å². The second kappa shape index (κ2) is 9.86. The van der Waals surface area contributed by atoms with E-state index in [0.29, 0.717) is 10.7 Å². The molecule has 0 unspecified atom stereocenters. The zero-order valence-corrected chi connectivity index (χ0v) is 22.1. The number of amides is 3. The Hall–Kier alpha value is -3.16. The molecule has 2 bridgehead atoms. The van der Waals surface area contributed by atoms with E-state index in [1.807, 2.05) is 55.5 Å². The number of carbonyl (C=O) groups excluding carboxylic acids is 3. The quantitative estimate of drug-likeness (QED) is 0.539. The molecule has 198 valence electrons. The van der Waals surface area contributed by atoms with Gasteiger partial charge in [-0.25, -0.2) is 0 Å². The van der Waals surface area contributed by atoms with Gasteiger partial charge in [-0.05, 0) is 49.6 Å². The first-order valence-electron chi connectivity index (χ1n) is 13.5. The molecular weight excluding hydrogens is 502 g/mol. The van der Waals surface area contributed by atoms with Crippen LogP contribution in [0.4, 0.5) is 5.69 Å². The molecule has 2 N–H and O–H groups in total. The lowest BCUT2D eigenvalue weighted by Gasteiger charge is -2.34. The van der Waals surface area contributed by atoms with E-state index < -0.39 is 29.6 Å². The van der Waals surface area contributed by atoms with Crippen molar-refractivity contribution in [2.24, 2.45) is 11.8 Å². The zero-order valence-electron chi connectivity index (χ0n) is 21.4. The molecule has 3 aliphatic heterocycles. The van der Waals surface area contributed by atoms with Crippen LogP contribution in [0.3, 0.4) is 0 Å². The van der Waals surface area contributed by atoms with Crippen LogP contribution in [0, 0.1) is 18.8 Å². The third kappa shape index (κ3) is 4.31. The Morgan fingerprint density at radius 3 is 2.45 bits per heavy atom. The lowest BCUT2D eigenvalue weighted by atomic mass is 9.74. The molecule has 38 heavy (non-hydrogen) atoms. The van der Waals surface area contributed by atoms with Crippen LogP contribution in [0.1, 0.15) is 43.2 Å². The van der Waals surface area contributed by atoms with Gasteiger partial charge in [0.15, 0.2) is 0 Å². The molecule has 1 aliphatic carbocycles. The summed E-state index contributed by atoms with van der Waals surface area (Å²) in [6, 6.07) is 14.0. The first kappa shape index (κ1) is 25.1. The molecule has 3 amide bonds. The van der Waals surface area contributed by atoms with Gasteiger partial charge in [0.2, 0.25) is 17.7 Å². The van der Waals surface area contributed by atoms with Gasteiger partial charge in [-0.15, -0.1) is 0 Å². The van der Waals surface area contributed by atoms with Crippen LogP contribution in [0.5, 0.6) is 0 Å². The maximum absolute atomic E-state index is 14.1. The number of ether oxygens (including phenoxy) is 1. The second-order valence-corrected chi connectivity index (χ2v) is 11.4. The molecule has 7 nitrogen and oxygen atoms in total. The molecular formula is C30H32ClN3O4. The van der Waals surface area contributed by atoms with Gasteiger partial charge >= 0.3 is 0 Å². The predicted molar refractivity (Wildman–Crippen MR) is 144 cm³/mol. The summed E-state index contributed by atoms with van der Waals surface area (Å²) in [6.07, 6.45) is 8.33. The van der Waals surface area contributed by atoms with E-state index in [1.165, 1.54) is 6.42 Å². The summed E-state index contributed by atoms with van der Waals surface area (Å²) in [4.78, 5) is 43.1. The Balaban J connectivity index is 1.32. The largest absolute Gasteiger partial charge is 0.359 e. The topological polar surface area (TPSA) is 87.7 Å². The smallest absolute Gasteiger partial charge is 0.246 e. The third-order valence-electron chi connectivity index (χ3n) is 8.46. The fourth-order valence-corrected chi connectivity index (χ4v) is 6.74. The molecule has 2 aromatic carbocycles. The lowest BCUT2D eigenvalue weighted by molar-refractivity contribution is -0.142. The highest BCUT2D eigenvalue weighted by atomic mass is 35.5. The van der Waals surface area contributed by atoms with Crippen LogP contribution in [-0.2, 0) is 25.7 Å². The highest BCUT2D eigenvalue weighted by Gasteiger charge is 2.72. The molecule has 4 aliphatic rings. The molecule has 3 fully saturated rings. The standard InChI is InChI=1S/C30H32ClN3O4/c1-18-7-13-22(14-8-18)32-27(35)24-23-15-16-30(38-23)25(24)29(37)34(17-19-9-11-20(31)12-10-19)26(30)28(36)33-21-5-3-2-4-6-21/h7-16,21,23-26H,2-6,17H2,1H3,(H,32,35)(H,33,36)/t23-,24-,25-,26-,30-/m1/s1. The number of hydrogen-bond acceptors (Lipinski definition) is 4. The first-order chi connectivity index (χ1) is 18.4. The van der Waals surface area contributed by atoms with Crippen molar-refractivity contribution in [3.05, 3.63) is 76.8 Å². The minimum Gasteiger partial charge on any atom is -0.359 e. The van der Waals surface area contributed by atoms with E-state index in [-0.39, 0.29) is 30.3 Å². The molecule has 2 aromatic rings. The number of rotatable bonds is 6. The molecule has 1 spiro atoms. The molecule has 0 radical (unpaired) electrons. The summed E-state index contributed by atoms with van der Waals surface area (Å²) in [5.74, 6) is -2.24. The van der Waals surface area contributed by atoms with E-state index >= 15 is 0 Å². The normalized spacial score (nSPS) is 29.9. The molecule has 1 saturated carbocycles. The number of aryl methyl sites for hydroxylation is 1. The Labute approximate surface area is 227 Å². The molecule has 0 aromatic heterocycles. The predicted octanol–water partition coefficient (Wildman–Crippen LogP) is 4.39. The summed E-state index contributed by atoms with van der Waals surface area (Å²) < 4.78 is 6.44. The summed E-state index contributed by atoms with van der Waals surface area (Å²) in [6.45, 7) is 2.21. The van der Waals surface area contributed by atoms with Crippen LogP contribution in [0.15, 0.2) is 60.7 Å². The van der Waals surface area contributed by atoms with Gasteiger partial charge in [-0.1, -0.05) is 72.8 Å². The average Bonchev–Trinajstić information content (AvgIpc) is 3.55. The summed E-state index contributed by atoms with van der Waals surface area (Å²) in [5.41, 5.74) is 1.43. The number of likely N-dealkylation sites (tertiary alicyclic amines) is 1. The van der Waals surface area contributed by atoms with Gasteiger partial charge in [0, 0.05) is 23.3 Å². The van der Waals surface area contributed by atoms with Crippen LogP contribution >= 0.6 is 11.6 Å². The number of fused-ring (bicyclic) bond motifs is 1. The highest BCUT2D eigenvalue weighted by molar-refractivity contribution is 6.30. The maximum atomic E-state index is 14.1. The van der Waals surface area contributed by atoms with Gasteiger partial charge in [0.25, 0.3) is 0 Å². The van der Waals surface area contributed by atoms with Crippen molar-refractivity contribution in [2.45, 2.75) is 69.4 Å². The minimum atomic E-state index is -1.18. The Bertz CT molecular complexity index is 1270. The van der Waals surface area contributed by atoms with Crippen LogP contribution in [0.2, 0.25) is 5.02 Å². The third-order valence-corrected chi connectivity index (χ3v) is 8.71. The first-order valence-corrected chi connectivity index (χ1v) is 13.8. The average molecular weight is 534 g/mol. The molecule has 3 heterocycles. The lowest BCUT2D eigenvalue weighted by Crippen LogP contribution is -2.56. The number of benzene rings is 2. The second-order valence-electron chi connectivity index (χ2n) is 11.0. The van der Waals surface area contributed by atoms with Crippen LogP contribution < -0.4 is 10.6 Å². The van der Waals surface area contributed by atoms with Gasteiger partial charge in [0.1, 0.15) is 11.6 Å². The van der Waals surface area contributed by atoms with E-state index in [1.54, 1.807) is 17.0 Å². The summed E-state index contributed by atoms with van der Waals surface area (Å²) >= 11 is 6.08. The van der Waals surface area contributed by atoms with Gasteiger partial charge < -0.3 is 20.3 Å². The number of nitrogens with one attached hydrogen (secondary N) is 2. The monoisotopic (exact) mass is 533 g/mol. The molecule has 6 rings (SSSR count). The van der Waals surface area contributed by atoms with E-state index in [9.17, 15) is 14.4 Å². The Kier molecular flexibility index (Phi) is 6.52. The summed E-state index contributed by atoms with van der Waals surface area (Å²) in [7, 11) is 0. The van der Waals surface area contributed by atoms with Gasteiger partial charge in [0.05, 0.1) is 17.9 Å². The van der Waals surface area contributed by atoms with Crippen molar-refractivity contribution >= 4 is 35.0 Å². The van der Waals surface area contributed by atoms with E-state index in [4.69, 9.17) is 16.3 Å². The van der Waals surface area contributed by atoms with E-state index in [2.05, 4.69) is 10.6 Å². The number of carbonyl (C=O) groups is 3. The minimum absolute atomic E-state index is 0.0856. The van der Waals surface area contributed by atoms with Gasteiger partial charge in [-0.2, -0.15) is 0 Å². The summed E-state index contributed by atoms with van der Waals surface area (Å²) in [5, 5.41) is 6.78. The fraction of sp³-hybridized carbons (Fsp3) is 0.433. The van der Waals surface area contributed by atoms with Crippen molar-refractivity contribution in [3.63, 3.8) is 0 Å². The van der Waals surface area contributed by atoms with Crippen molar-refractivity contribution < 1.29 is 19.1 Å². The fourth-order valence-electron chi connectivity index (χ4n) is 6.61. The van der Waals surface area contributed by atoms with Gasteiger partial charge in [-0.3, -0.25) is 14.4 Å². The number of nitrogens with zero attached hydrogens (tertiary/aromatic N) is 1. The van der Waals surface area contributed by atoms with Crippen molar-refractivity contribution in [1.82, 2.24) is 10.2 Å². The molecule has 2 saturated heterocycles. The number of halogens is 1. The SMILES string of the molecule is Cc1ccc(NC(=O)[C@@H]2[C@H]3C=C[C@@]4(O3)[C@H]2C(=O)N(Cc2ccc(Cl)cc2)[C@@H]4C(=O)NC2CCCCC2)cc1. The number of hydrogen-bond donors (Lipinski definition) is 2. The van der Waals surface area contributed by atoms with Crippen molar-refractivity contribution in [2.75, 3.05) is 5.32 Å². The Morgan fingerprint density at radius 1 is 1.03 bits per heavy atom. The highest BCUT2D eigenvalue weighted by Crippen LogP contribution is 2.55. The maximum Gasteiger partial charge on any atom is 0.246 e. The molecule has 5 atom stereocenters. The molecule has 8 heteroatoms. The number of anilines is 1. The van der Waals surface area contributed by atoms with Crippen molar-refractivity contribution in [1.29, 1.82) is 0 Å². The van der Waals surface area contributed by atoms with Crippen LogP contribution in [-0.4, -0.2) is 46.4 Å². The van der Waals surface area contributed by atoms with E-state index in [0.717, 1.165) is 36.8 Å². The van der Waals surface area contributed by atoms with Crippen LogP contribution in [0.25, 0.3) is 0 Å². The zero-order chi connectivity index (χ0) is 26.4.